The van der Waals surface area contributed by atoms with E-state index in [0.29, 0.717) is 35.2 Å². The molecular weight excluding hydrogens is 383 g/mol. The summed E-state index contributed by atoms with van der Waals surface area (Å²) < 4.78 is 24.6. The predicted molar refractivity (Wildman–Crippen MR) is 90.8 cm³/mol. The summed E-state index contributed by atoms with van der Waals surface area (Å²) in [6, 6.07) is 3.01. The number of hydrogen-bond donors (Lipinski definition) is 0. The van der Waals surface area contributed by atoms with Crippen molar-refractivity contribution < 1.29 is 18.8 Å². The van der Waals surface area contributed by atoms with Gasteiger partial charge in [-0.2, -0.15) is 0 Å². The molecule has 2 bridgehead atoms. The molecule has 0 unspecified atom stereocenters. The first-order valence-electron chi connectivity index (χ1n) is 7.68. The van der Waals surface area contributed by atoms with Crippen molar-refractivity contribution >= 4 is 27.8 Å². The lowest BCUT2D eigenvalue weighted by atomic mass is 9.69. The number of aliphatic imine (C=N–C) groups is 1. The Hall–Kier alpha value is -1.54. The highest BCUT2D eigenvalue weighted by Gasteiger charge is 2.62. The third kappa shape index (κ3) is 3.04. The molecule has 1 aliphatic carbocycles. The molecule has 8 heteroatoms. The number of hydrogen-bond acceptors (Lipinski definition) is 5. The van der Waals surface area contributed by atoms with Gasteiger partial charge in [0, 0.05) is 19.1 Å². The normalized spacial score (nSPS) is 28.4. The van der Waals surface area contributed by atoms with E-state index in [1.165, 1.54) is 12.3 Å². The molecule has 0 amide bonds. The Morgan fingerprint density at radius 1 is 1.54 bits per heavy atom. The van der Waals surface area contributed by atoms with E-state index in [9.17, 15) is 14.5 Å². The Balaban J connectivity index is 1.87. The number of halogens is 2. The number of rotatable bonds is 6. The lowest BCUT2D eigenvalue weighted by Crippen LogP contribution is -2.49. The highest BCUT2D eigenvalue weighted by atomic mass is 79.9. The summed E-state index contributed by atoms with van der Waals surface area (Å²) in [5.74, 6) is 0.413. The Kier molecular flexibility index (Phi) is 4.37. The summed E-state index contributed by atoms with van der Waals surface area (Å²) in [6.45, 7) is 3.54. The van der Waals surface area contributed by atoms with Crippen LogP contribution in [0.3, 0.4) is 0 Å². The van der Waals surface area contributed by atoms with Gasteiger partial charge in [0.25, 0.3) is 5.69 Å². The summed E-state index contributed by atoms with van der Waals surface area (Å²) in [5.41, 5.74) is -0.829. The maximum atomic E-state index is 12.9. The van der Waals surface area contributed by atoms with Gasteiger partial charge in [0.1, 0.15) is 18.0 Å². The highest BCUT2D eigenvalue weighted by Crippen LogP contribution is 2.54. The van der Waals surface area contributed by atoms with Gasteiger partial charge in [-0.25, -0.2) is 4.39 Å². The fraction of sp³-hybridized carbons (Fsp3) is 0.562. The molecule has 6 nitrogen and oxygen atoms in total. The zero-order chi connectivity index (χ0) is 17.5. The number of nitro groups is 1. The molecule has 4 rings (SSSR count). The van der Waals surface area contributed by atoms with E-state index >= 15 is 0 Å². The minimum Gasteiger partial charge on any atom is -0.490 e. The minimum atomic E-state index is -0.682. The van der Waals surface area contributed by atoms with Crippen molar-refractivity contribution in [1.29, 1.82) is 0 Å². The summed E-state index contributed by atoms with van der Waals surface area (Å²) in [5, 5.41) is 11.4. The molecule has 3 fully saturated rings. The van der Waals surface area contributed by atoms with Gasteiger partial charge >= 0.3 is 0 Å². The van der Waals surface area contributed by atoms with Crippen molar-refractivity contribution in [2.24, 2.45) is 4.99 Å². The van der Waals surface area contributed by atoms with Crippen LogP contribution in [0.15, 0.2) is 21.6 Å². The molecule has 130 valence electrons. The SMILES string of the molecule is CC(C)Oc1cc([N+](=O)[O-])c(/C=N/C23COC(CF)(C2)C3)cc1Br. The molecule has 24 heavy (non-hydrogen) atoms. The second kappa shape index (κ2) is 6.07. The molecule has 2 heterocycles. The van der Waals surface area contributed by atoms with Crippen LogP contribution in [-0.4, -0.2) is 41.7 Å². The zero-order valence-electron chi connectivity index (χ0n) is 13.4. The van der Waals surface area contributed by atoms with Crippen molar-refractivity contribution in [3.8, 4) is 5.75 Å². The van der Waals surface area contributed by atoms with E-state index in [-0.39, 0.29) is 11.8 Å². The molecule has 1 saturated carbocycles. The smallest absolute Gasteiger partial charge is 0.281 e. The van der Waals surface area contributed by atoms with Gasteiger partial charge in [-0.15, -0.1) is 0 Å². The van der Waals surface area contributed by atoms with Gasteiger partial charge in [-0.3, -0.25) is 15.1 Å². The molecule has 0 radical (unpaired) electrons. The zero-order valence-corrected chi connectivity index (χ0v) is 15.0. The van der Waals surface area contributed by atoms with Crippen LogP contribution in [-0.2, 0) is 4.74 Å². The van der Waals surface area contributed by atoms with Crippen LogP contribution in [0.4, 0.5) is 10.1 Å². The van der Waals surface area contributed by atoms with Gasteiger partial charge in [-0.1, -0.05) is 0 Å². The van der Waals surface area contributed by atoms with Crippen molar-refractivity contribution in [3.63, 3.8) is 0 Å². The Bertz CT molecular complexity index is 702. The Labute approximate surface area is 147 Å². The van der Waals surface area contributed by atoms with Gasteiger partial charge < -0.3 is 9.47 Å². The van der Waals surface area contributed by atoms with Crippen molar-refractivity contribution in [2.75, 3.05) is 13.3 Å². The van der Waals surface area contributed by atoms with Crippen LogP contribution >= 0.6 is 15.9 Å². The molecular formula is C16H18BrFN2O4. The standard InChI is InChI=1S/C16H18BrFN2O4/c1-10(2)24-14-4-13(20(21)22)11(3-12(14)17)5-19-15-6-16(7-15,8-18)23-9-15/h3-5,10H,6-9H2,1-2H3/b19-5+. The van der Waals surface area contributed by atoms with Crippen molar-refractivity contribution in [2.45, 2.75) is 43.9 Å². The van der Waals surface area contributed by atoms with E-state index < -0.39 is 22.7 Å². The molecule has 2 aliphatic heterocycles. The maximum Gasteiger partial charge on any atom is 0.281 e. The summed E-state index contributed by atoms with van der Waals surface area (Å²) in [4.78, 5) is 15.4. The largest absolute Gasteiger partial charge is 0.490 e. The number of alkyl halides is 1. The quantitative estimate of drug-likeness (QED) is 0.413. The first-order chi connectivity index (χ1) is 11.3. The third-order valence-electron chi connectivity index (χ3n) is 4.31. The number of fused-ring (bicyclic) bond motifs is 1. The first-order valence-corrected chi connectivity index (χ1v) is 8.47. The molecule has 0 atom stereocenters. The summed E-state index contributed by atoms with van der Waals surface area (Å²) in [6.07, 6.45) is 2.44. The lowest BCUT2D eigenvalue weighted by Gasteiger charge is -2.39. The van der Waals surface area contributed by atoms with Gasteiger partial charge in [0.05, 0.1) is 39.3 Å². The average molecular weight is 401 g/mol. The van der Waals surface area contributed by atoms with Crippen LogP contribution in [0.5, 0.6) is 5.75 Å². The third-order valence-corrected chi connectivity index (χ3v) is 4.93. The fourth-order valence-corrected chi connectivity index (χ4v) is 3.73. The van der Waals surface area contributed by atoms with Gasteiger partial charge in [0.15, 0.2) is 0 Å². The Morgan fingerprint density at radius 2 is 2.25 bits per heavy atom. The fourth-order valence-electron chi connectivity index (χ4n) is 3.27. The average Bonchev–Trinajstić information content (AvgIpc) is 3.02. The van der Waals surface area contributed by atoms with Crippen LogP contribution in [0.25, 0.3) is 0 Å². The molecule has 1 aromatic carbocycles. The lowest BCUT2D eigenvalue weighted by molar-refractivity contribution is -0.385. The van der Waals surface area contributed by atoms with E-state index in [0.717, 1.165) is 0 Å². The topological polar surface area (TPSA) is 74.0 Å². The van der Waals surface area contributed by atoms with Crippen LogP contribution in [0.2, 0.25) is 0 Å². The number of ether oxygens (including phenoxy) is 2. The molecule has 3 aliphatic rings. The number of benzene rings is 1. The second-order valence-corrected chi connectivity index (χ2v) is 7.56. The van der Waals surface area contributed by atoms with Crippen LogP contribution in [0, 0.1) is 10.1 Å². The van der Waals surface area contributed by atoms with Crippen LogP contribution in [0.1, 0.15) is 32.3 Å². The molecule has 1 aromatic rings. The van der Waals surface area contributed by atoms with E-state index in [4.69, 9.17) is 9.47 Å². The van der Waals surface area contributed by atoms with Crippen molar-refractivity contribution in [1.82, 2.24) is 0 Å². The molecule has 2 saturated heterocycles. The summed E-state index contributed by atoms with van der Waals surface area (Å²) >= 11 is 3.37. The second-order valence-electron chi connectivity index (χ2n) is 6.71. The minimum absolute atomic E-state index is 0.0796. The van der Waals surface area contributed by atoms with E-state index in [1.54, 1.807) is 6.07 Å². The van der Waals surface area contributed by atoms with Gasteiger partial charge in [-0.05, 0) is 35.8 Å². The summed E-state index contributed by atoms with van der Waals surface area (Å²) in [7, 11) is 0. The molecule has 0 spiro atoms. The van der Waals surface area contributed by atoms with Crippen LogP contribution < -0.4 is 4.74 Å². The molecule has 0 aromatic heterocycles. The highest BCUT2D eigenvalue weighted by molar-refractivity contribution is 9.10. The van der Waals surface area contributed by atoms with E-state index in [2.05, 4.69) is 20.9 Å². The first kappa shape index (κ1) is 17.3. The maximum absolute atomic E-state index is 12.9. The number of nitrogens with zero attached hydrogens (tertiary/aromatic N) is 2. The number of nitro benzene ring substituents is 1. The molecule has 0 N–H and O–H groups in total. The van der Waals surface area contributed by atoms with E-state index in [1.807, 2.05) is 13.8 Å². The van der Waals surface area contributed by atoms with Crippen molar-refractivity contribution in [3.05, 3.63) is 32.3 Å². The monoisotopic (exact) mass is 400 g/mol. The Morgan fingerprint density at radius 3 is 2.79 bits per heavy atom. The van der Waals surface area contributed by atoms with Gasteiger partial charge in [0.2, 0.25) is 0 Å². The predicted octanol–water partition coefficient (Wildman–Crippen LogP) is 3.83.